The smallest absolute Gasteiger partial charge is 0.299 e. The maximum atomic E-state index is 12.8. The van der Waals surface area contributed by atoms with Crippen LogP contribution in [0.15, 0.2) is 18.2 Å². The van der Waals surface area contributed by atoms with E-state index in [0.717, 1.165) is 0 Å². The van der Waals surface area contributed by atoms with Crippen molar-refractivity contribution in [3.63, 3.8) is 0 Å². The summed E-state index contributed by atoms with van der Waals surface area (Å²) in [5.74, 6) is -2.09. The third kappa shape index (κ3) is 4.36. The molecule has 1 fully saturated rings. The number of rotatable bonds is 3. The summed E-state index contributed by atoms with van der Waals surface area (Å²) in [5.41, 5.74) is 0.572. The van der Waals surface area contributed by atoms with Crippen LogP contribution >= 0.6 is 23.2 Å². The van der Waals surface area contributed by atoms with Crippen LogP contribution in [0.5, 0.6) is 0 Å². The van der Waals surface area contributed by atoms with E-state index < -0.39 is 18.0 Å². The van der Waals surface area contributed by atoms with Crippen molar-refractivity contribution in [2.45, 2.75) is 38.3 Å². The SMILES string of the molecule is O=C(Cc1cc(Cl)ccc1Cl)C1CCCC(C(F)(F)F)C1. The molecule has 6 heteroatoms. The molecule has 0 saturated heterocycles. The predicted octanol–water partition coefficient (Wildman–Crippen LogP) is 5.47. The first-order valence-corrected chi connectivity index (χ1v) is 7.56. The van der Waals surface area contributed by atoms with Gasteiger partial charge >= 0.3 is 6.18 Å². The topological polar surface area (TPSA) is 17.1 Å². The Balaban J connectivity index is 2.04. The number of carbonyl (C=O) groups excluding carboxylic acids is 1. The quantitative estimate of drug-likeness (QED) is 0.713. The Kier molecular flexibility index (Phi) is 5.20. The molecule has 1 nitrogen and oxygen atoms in total. The van der Waals surface area contributed by atoms with Crippen molar-refractivity contribution in [3.05, 3.63) is 33.8 Å². The molecule has 116 valence electrons. The van der Waals surface area contributed by atoms with Crippen LogP contribution in [0, 0.1) is 11.8 Å². The van der Waals surface area contributed by atoms with Crippen molar-refractivity contribution in [2.24, 2.45) is 11.8 Å². The molecule has 2 unspecified atom stereocenters. The number of hydrogen-bond donors (Lipinski definition) is 0. The number of halogens is 5. The monoisotopic (exact) mass is 338 g/mol. The first-order chi connectivity index (χ1) is 9.77. The predicted molar refractivity (Wildman–Crippen MR) is 76.7 cm³/mol. The van der Waals surface area contributed by atoms with Gasteiger partial charge in [0.2, 0.25) is 0 Å². The first-order valence-electron chi connectivity index (χ1n) is 6.80. The fraction of sp³-hybridized carbons (Fsp3) is 0.533. The maximum Gasteiger partial charge on any atom is 0.391 e. The van der Waals surface area contributed by atoms with Gasteiger partial charge < -0.3 is 0 Å². The second kappa shape index (κ2) is 6.57. The number of hydrogen-bond acceptors (Lipinski definition) is 1. The fourth-order valence-corrected chi connectivity index (χ4v) is 3.17. The molecule has 1 saturated carbocycles. The molecule has 2 atom stereocenters. The minimum atomic E-state index is -4.22. The molecule has 1 aliphatic carbocycles. The van der Waals surface area contributed by atoms with Gasteiger partial charge in [-0.25, -0.2) is 0 Å². The number of alkyl halides is 3. The van der Waals surface area contributed by atoms with Crippen LogP contribution in [0.4, 0.5) is 13.2 Å². The van der Waals surface area contributed by atoms with Crippen molar-refractivity contribution in [3.8, 4) is 0 Å². The molecular formula is C15H15Cl2F3O. The second-order valence-corrected chi connectivity index (χ2v) is 6.32. The van der Waals surface area contributed by atoms with Crippen LogP contribution in [0.25, 0.3) is 0 Å². The summed E-state index contributed by atoms with van der Waals surface area (Å²) in [7, 11) is 0. The summed E-state index contributed by atoms with van der Waals surface area (Å²) in [6, 6.07) is 4.79. The normalized spacial score (nSPS) is 23.1. The van der Waals surface area contributed by atoms with E-state index in [1.54, 1.807) is 18.2 Å². The molecule has 1 aromatic rings. The van der Waals surface area contributed by atoms with Crippen LogP contribution in [0.2, 0.25) is 10.0 Å². The van der Waals surface area contributed by atoms with Gasteiger partial charge in [-0.2, -0.15) is 13.2 Å². The van der Waals surface area contributed by atoms with E-state index in [9.17, 15) is 18.0 Å². The Bertz CT molecular complexity index is 528. The van der Waals surface area contributed by atoms with Crippen LogP contribution in [-0.4, -0.2) is 12.0 Å². The van der Waals surface area contributed by atoms with Gasteiger partial charge in [0.1, 0.15) is 5.78 Å². The van der Waals surface area contributed by atoms with E-state index in [1.165, 1.54) is 0 Å². The number of benzene rings is 1. The highest BCUT2D eigenvalue weighted by atomic mass is 35.5. The average molecular weight is 339 g/mol. The molecule has 1 aromatic carbocycles. The summed E-state index contributed by atoms with van der Waals surface area (Å²) >= 11 is 11.8. The van der Waals surface area contributed by atoms with Gasteiger partial charge in [0, 0.05) is 22.4 Å². The van der Waals surface area contributed by atoms with Gasteiger partial charge in [-0.3, -0.25) is 4.79 Å². The maximum absolute atomic E-state index is 12.8. The molecule has 0 spiro atoms. The van der Waals surface area contributed by atoms with Crippen molar-refractivity contribution in [1.29, 1.82) is 0 Å². The lowest BCUT2D eigenvalue weighted by molar-refractivity contribution is -0.186. The minimum absolute atomic E-state index is 0.0363. The molecule has 2 rings (SSSR count). The largest absolute Gasteiger partial charge is 0.391 e. The zero-order valence-corrected chi connectivity index (χ0v) is 12.7. The zero-order chi connectivity index (χ0) is 15.6. The van der Waals surface area contributed by atoms with Crippen molar-refractivity contribution >= 4 is 29.0 Å². The lowest BCUT2D eigenvalue weighted by atomic mass is 9.78. The standard InChI is InChI=1S/C15H15Cl2F3O/c16-12-4-5-13(17)10(7-12)8-14(21)9-2-1-3-11(6-9)15(18,19)20/h4-5,7,9,11H,1-3,6,8H2. The Morgan fingerprint density at radius 3 is 2.62 bits per heavy atom. The van der Waals surface area contributed by atoms with Gasteiger partial charge in [0.05, 0.1) is 5.92 Å². The lowest BCUT2D eigenvalue weighted by Crippen LogP contribution is -2.32. The first kappa shape index (κ1) is 16.6. The summed E-state index contributed by atoms with van der Waals surface area (Å²) in [4.78, 5) is 12.2. The summed E-state index contributed by atoms with van der Waals surface area (Å²) in [6.45, 7) is 0. The molecule has 0 amide bonds. The molecular weight excluding hydrogens is 324 g/mol. The third-order valence-corrected chi connectivity index (χ3v) is 4.57. The third-order valence-electron chi connectivity index (χ3n) is 3.96. The van der Waals surface area contributed by atoms with Gasteiger partial charge in [0.25, 0.3) is 0 Å². The Hall–Kier alpha value is -0.740. The molecule has 0 aromatic heterocycles. The molecule has 0 heterocycles. The zero-order valence-electron chi connectivity index (χ0n) is 11.2. The van der Waals surface area contributed by atoms with Crippen LogP contribution in [0.1, 0.15) is 31.2 Å². The van der Waals surface area contributed by atoms with Crippen molar-refractivity contribution < 1.29 is 18.0 Å². The van der Waals surface area contributed by atoms with Crippen molar-refractivity contribution in [1.82, 2.24) is 0 Å². The van der Waals surface area contributed by atoms with Crippen LogP contribution in [-0.2, 0) is 11.2 Å². The Morgan fingerprint density at radius 1 is 1.24 bits per heavy atom. The molecule has 1 aliphatic rings. The average Bonchev–Trinajstić information content (AvgIpc) is 2.42. The van der Waals surface area contributed by atoms with E-state index in [1.807, 2.05) is 0 Å². The van der Waals surface area contributed by atoms with E-state index in [2.05, 4.69) is 0 Å². The van der Waals surface area contributed by atoms with E-state index in [-0.39, 0.29) is 25.0 Å². The van der Waals surface area contributed by atoms with Gasteiger partial charge in [-0.1, -0.05) is 29.6 Å². The lowest BCUT2D eigenvalue weighted by Gasteiger charge is -2.29. The van der Waals surface area contributed by atoms with E-state index in [0.29, 0.717) is 28.5 Å². The van der Waals surface area contributed by atoms with E-state index in [4.69, 9.17) is 23.2 Å². The Morgan fingerprint density at radius 2 is 1.95 bits per heavy atom. The number of carbonyl (C=O) groups is 1. The molecule has 0 aliphatic heterocycles. The highest BCUT2D eigenvalue weighted by Gasteiger charge is 2.43. The van der Waals surface area contributed by atoms with Gasteiger partial charge in [-0.05, 0) is 43.0 Å². The molecule has 0 bridgehead atoms. The van der Waals surface area contributed by atoms with Crippen molar-refractivity contribution in [2.75, 3.05) is 0 Å². The summed E-state index contributed by atoms with van der Waals surface area (Å²) in [5, 5.41) is 0.870. The molecule has 0 N–H and O–H groups in total. The van der Waals surface area contributed by atoms with Gasteiger partial charge in [0.15, 0.2) is 0 Å². The van der Waals surface area contributed by atoms with Crippen LogP contribution < -0.4 is 0 Å². The fourth-order valence-electron chi connectivity index (χ4n) is 2.79. The molecule has 0 radical (unpaired) electrons. The Labute approximate surface area is 131 Å². The van der Waals surface area contributed by atoms with E-state index >= 15 is 0 Å². The summed E-state index contributed by atoms with van der Waals surface area (Å²) < 4.78 is 38.3. The highest BCUT2D eigenvalue weighted by molar-refractivity contribution is 6.33. The summed E-state index contributed by atoms with van der Waals surface area (Å²) in [6.07, 6.45) is -3.22. The highest BCUT2D eigenvalue weighted by Crippen LogP contribution is 2.40. The minimum Gasteiger partial charge on any atom is -0.299 e. The number of ketones is 1. The number of Topliss-reactive ketones (excluding diaryl/α,β-unsaturated/α-hetero) is 1. The van der Waals surface area contributed by atoms with Gasteiger partial charge in [-0.15, -0.1) is 0 Å². The van der Waals surface area contributed by atoms with Crippen LogP contribution in [0.3, 0.4) is 0 Å². The second-order valence-electron chi connectivity index (χ2n) is 5.48. The molecule has 21 heavy (non-hydrogen) atoms.